The second-order valence-electron chi connectivity index (χ2n) is 3.58. The largest absolute Gasteiger partial charge is 0.0654 e. The van der Waals surface area contributed by atoms with Crippen molar-refractivity contribution in [2.75, 3.05) is 0 Å². The Labute approximate surface area is 82.0 Å². The van der Waals surface area contributed by atoms with Gasteiger partial charge in [-0.15, -0.1) is 0 Å². The van der Waals surface area contributed by atoms with Crippen molar-refractivity contribution in [1.82, 2.24) is 0 Å². The molecular formula is C13H20. The molecule has 0 saturated carbocycles. The third-order valence-corrected chi connectivity index (χ3v) is 2.55. The molecule has 0 atom stereocenters. The first-order chi connectivity index (χ1) is 6.38. The molecule has 0 aliphatic carbocycles. The average Bonchev–Trinajstić information content (AvgIpc) is 2.19. The Balaban J connectivity index is 2.54. The minimum atomic E-state index is 1.17. The summed E-state index contributed by atoms with van der Waals surface area (Å²) < 4.78 is 0. The summed E-state index contributed by atoms with van der Waals surface area (Å²) >= 11 is 0. The van der Waals surface area contributed by atoms with E-state index in [0.717, 1.165) is 0 Å². The molecular weight excluding hydrogens is 156 g/mol. The molecule has 0 bridgehead atoms. The molecule has 0 aliphatic rings. The summed E-state index contributed by atoms with van der Waals surface area (Å²) in [5.74, 6) is 0. The van der Waals surface area contributed by atoms with Crippen LogP contribution in [-0.4, -0.2) is 0 Å². The van der Waals surface area contributed by atoms with E-state index in [1.54, 1.807) is 5.56 Å². The van der Waals surface area contributed by atoms with Crippen LogP contribution in [0.15, 0.2) is 24.3 Å². The normalized spacial score (nSPS) is 10.3. The Morgan fingerprint density at radius 3 is 2.23 bits per heavy atom. The first kappa shape index (κ1) is 10.3. The van der Waals surface area contributed by atoms with E-state index in [-0.39, 0.29) is 0 Å². The van der Waals surface area contributed by atoms with Gasteiger partial charge in [0.25, 0.3) is 0 Å². The highest BCUT2D eigenvalue weighted by molar-refractivity contribution is 5.26. The molecule has 0 heterocycles. The van der Waals surface area contributed by atoms with Gasteiger partial charge in [0, 0.05) is 0 Å². The van der Waals surface area contributed by atoms with E-state index in [4.69, 9.17) is 0 Å². The van der Waals surface area contributed by atoms with Gasteiger partial charge in [-0.1, -0.05) is 51.0 Å². The van der Waals surface area contributed by atoms with Crippen molar-refractivity contribution in [3.8, 4) is 0 Å². The third kappa shape index (κ3) is 3.22. The van der Waals surface area contributed by atoms with E-state index >= 15 is 0 Å². The van der Waals surface area contributed by atoms with Crippen LogP contribution in [0.5, 0.6) is 0 Å². The van der Waals surface area contributed by atoms with E-state index in [0.29, 0.717) is 0 Å². The fourth-order valence-corrected chi connectivity index (χ4v) is 1.71. The lowest BCUT2D eigenvalue weighted by Gasteiger charge is -2.06. The average molecular weight is 176 g/mol. The van der Waals surface area contributed by atoms with E-state index in [1.165, 1.54) is 37.7 Å². The number of rotatable bonds is 5. The maximum atomic E-state index is 2.27. The van der Waals surface area contributed by atoms with Gasteiger partial charge < -0.3 is 0 Å². The first-order valence-electron chi connectivity index (χ1n) is 5.45. The standard InChI is InChI=1S/C13H20/c1-3-5-6-10-13-11-8-7-9-12(13)4-2/h7-9,11H,3-6,10H2,1-2H3. The predicted octanol–water partition coefficient (Wildman–Crippen LogP) is 3.98. The van der Waals surface area contributed by atoms with Gasteiger partial charge in [0.05, 0.1) is 0 Å². The monoisotopic (exact) mass is 176 g/mol. The highest BCUT2D eigenvalue weighted by Crippen LogP contribution is 2.12. The van der Waals surface area contributed by atoms with Gasteiger partial charge in [0.1, 0.15) is 0 Å². The van der Waals surface area contributed by atoms with Crippen LogP contribution in [-0.2, 0) is 12.8 Å². The van der Waals surface area contributed by atoms with Crippen LogP contribution in [0.3, 0.4) is 0 Å². The maximum Gasteiger partial charge on any atom is -0.0276 e. The summed E-state index contributed by atoms with van der Waals surface area (Å²) in [5, 5.41) is 0. The molecule has 0 amide bonds. The minimum absolute atomic E-state index is 1.17. The second-order valence-corrected chi connectivity index (χ2v) is 3.58. The molecule has 0 radical (unpaired) electrons. The van der Waals surface area contributed by atoms with Crippen molar-refractivity contribution in [3.05, 3.63) is 35.4 Å². The van der Waals surface area contributed by atoms with Crippen LogP contribution in [0.4, 0.5) is 0 Å². The molecule has 1 aromatic carbocycles. The summed E-state index contributed by atoms with van der Waals surface area (Å²) in [6.45, 7) is 4.49. The topological polar surface area (TPSA) is 0 Å². The molecule has 0 saturated heterocycles. The number of hydrogen-bond acceptors (Lipinski definition) is 0. The van der Waals surface area contributed by atoms with Gasteiger partial charge >= 0.3 is 0 Å². The predicted molar refractivity (Wildman–Crippen MR) is 59.0 cm³/mol. The molecule has 1 aromatic rings. The van der Waals surface area contributed by atoms with Crippen molar-refractivity contribution >= 4 is 0 Å². The number of benzene rings is 1. The van der Waals surface area contributed by atoms with Crippen molar-refractivity contribution in [2.45, 2.75) is 46.0 Å². The van der Waals surface area contributed by atoms with Crippen molar-refractivity contribution in [1.29, 1.82) is 0 Å². The van der Waals surface area contributed by atoms with Crippen LogP contribution in [0.1, 0.15) is 44.2 Å². The number of aryl methyl sites for hydroxylation is 2. The van der Waals surface area contributed by atoms with Crippen molar-refractivity contribution < 1.29 is 0 Å². The van der Waals surface area contributed by atoms with Crippen LogP contribution < -0.4 is 0 Å². The SMILES string of the molecule is CCCCCc1ccccc1CC. The zero-order valence-electron chi connectivity index (χ0n) is 8.84. The second kappa shape index (κ2) is 5.80. The molecule has 1 rings (SSSR count). The fraction of sp³-hybridized carbons (Fsp3) is 0.538. The summed E-state index contributed by atoms with van der Waals surface area (Å²) in [5.41, 5.74) is 3.08. The summed E-state index contributed by atoms with van der Waals surface area (Å²) in [4.78, 5) is 0. The molecule has 0 N–H and O–H groups in total. The van der Waals surface area contributed by atoms with Gasteiger partial charge in [0.15, 0.2) is 0 Å². The number of hydrogen-bond donors (Lipinski definition) is 0. The zero-order valence-corrected chi connectivity index (χ0v) is 8.84. The Bertz CT molecular complexity index is 238. The van der Waals surface area contributed by atoms with E-state index in [2.05, 4.69) is 38.1 Å². The Hall–Kier alpha value is -0.780. The Morgan fingerprint density at radius 2 is 1.62 bits per heavy atom. The molecule has 0 fully saturated rings. The molecule has 0 aliphatic heterocycles. The lowest BCUT2D eigenvalue weighted by Crippen LogP contribution is -1.92. The Morgan fingerprint density at radius 1 is 0.923 bits per heavy atom. The minimum Gasteiger partial charge on any atom is -0.0654 e. The van der Waals surface area contributed by atoms with Gasteiger partial charge in [-0.25, -0.2) is 0 Å². The van der Waals surface area contributed by atoms with Crippen LogP contribution in [0.25, 0.3) is 0 Å². The molecule has 0 aromatic heterocycles. The lowest BCUT2D eigenvalue weighted by atomic mass is 10.00. The highest BCUT2D eigenvalue weighted by atomic mass is 14.0. The third-order valence-electron chi connectivity index (χ3n) is 2.55. The Kier molecular flexibility index (Phi) is 4.59. The van der Waals surface area contributed by atoms with Gasteiger partial charge in [-0.2, -0.15) is 0 Å². The molecule has 0 heteroatoms. The highest BCUT2D eigenvalue weighted by Gasteiger charge is 1.98. The van der Waals surface area contributed by atoms with Gasteiger partial charge in [0.2, 0.25) is 0 Å². The van der Waals surface area contributed by atoms with E-state index in [9.17, 15) is 0 Å². The summed E-state index contributed by atoms with van der Waals surface area (Å²) in [6.07, 6.45) is 6.44. The molecule has 0 nitrogen and oxygen atoms in total. The molecule has 0 spiro atoms. The molecule has 72 valence electrons. The molecule has 0 unspecified atom stereocenters. The smallest absolute Gasteiger partial charge is 0.0276 e. The van der Waals surface area contributed by atoms with Gasteiger partial charge in [-0.3, -0.25) is 0 Å². The van der Waals surface area contributed by atoms with Crippen LogP contribution in [0, 0.1) is 0 Å². The van der Waals surface area contributed by atoms with Crippen LogP contribution >= 0.6 is 0 Å². The molecule has 13 heavy (non-hydrogen) atoms. The van der Waals surface area contributed by atoms with Gasteiger partial charge in [-0.05, 0) is 30.4 Å². The van der Waals surface area contributed by atoms with Crippen molar-refractivity contribution in [2.24, 2.45) is 0 Å². The summed E-state index contributed by atoms with van der Waals surface area (Å²) in [7, 11) is 0. The first-order valence-corrected chi connectivity index (χ1v) is 5.45. The van der Waals surface area contributed by atoms with E-state index < -0.39 is 0 Å². The van der Waals surface area contributed by atoms with Crippen molar-refractivity contribution in [3.63, 3.8) is 0 Å². The zero-order chi connectivity index (χ0) is 9.52. The van der Waals surface area contributed by atoms with E-state index in [1.807, 2.05) is 0 Å². The quantitative estimate of drug-likeness (QED) is 0.595. The van der Waals surface area contributed by atoms with Crippen LogP contribution in [0.2, 0.25) is 0 Å². The fourth-order valence-electron chi connectivity index (χ4n) is 1.71. The maximum absolute atomic E-state index is 2.27. The number of unbranched alkanes of at least 4 members (excludes halogenated alkanes) is 2. The summed E-state index contributed by atoms with van der Waals surface area (Å²) in [6, 6.07) is 8.82. The lowest BCUT2D eigenvalue weighted by molar-refractivity contribution is 0.713.